The fraction of sp³-hybridized carbons (Fsp3) is 0.100. The van der Waals surface area contributed by atoms with E-state index in [0.29, 0.717) is 6.07 Å². The molecule has 1 rings (SSSR count). The third-order valence-electron chi connectivity index (χ3n) is 1.99. The van der Waals surface area contributed by atoms with Gasteiger partial charge in [0.05, 0.1) is 11.3 Å². The second kappa shape index (κ2) is 5.81. The number of halogens is 4. The van der Waals surface area contributed by atoms with Gasteiger partial charge in [0, 0.05) is 0 Å². The lowest BCUT2D eigenvalue weighted by molar-refractivity contribution is 0.141. The molecular formula is C10H7F4N5. The average Bonchev–Trinajstić information content (AvgIpc) is 2.31. The van der Waals surface area contributed by atoms with Crippen LogP contribution in [0, 0.1) is 28.4 Å². The van der Waals surface area contributed by atoms with Crippen molar-refractivity contribution in [3.8, 4) is 6.07 Å². The minimum Gasteiger partial charge on any atom is -0.382 e. The molecule has 0 aromatic heterocycles. The van der Waals surface area contributed by atoms with Crippen molar-refractivity contribution < 1.29 is 17.6 Å². The highest BCUT2D eigenvalue weighted by atomic mass is 19.3. The molecule has 0 fully saturated rings. The van der Waals surface area contributed by atoms with Crippen LogP contribution in [0.3, 0.4) is 0 Å². The van der Waals surface area contributed by atoms with Gasteiger partial charge in [-0.3, -0.25) is 10.8 Å². The number of rotatable bonds is 4. The van der Waals surface area contributed by atoms with Gasteiger partial charge in [0.25, 0.3) is 6.43 Å². The maximum atomic E-state index is 13.5. The van der Waals surface area contributed by atoms with Crippen molar-refractivity contribution in [1.82, 2.24) is 0 Å². The van der Waals surface area contributed by atoms with Gasteiger partial charge in [-0.2, -0.15) is 10.4 Å². The summed E-state index contributed by atoms with van der Waals surface area (Å²) in [5, 5.41) is 18.7. The van der Waals surface area contributed by atoms with E-state index in [1.165, 1.54) is 6.07 Å². The van der Waals surface area contributed by atoms with Gasteiger partial charge in [-0.15, -0.1) is 0 Å². The Bertz CT molecular complexity index is 576. The predicted octanol–water partition coefficient (Wildman–Crippen LogP) is 2.13. The summed E-state index contributed by atoms with van der Waals surface area (Å²) in [5.41, 5.74) is 4.37. The first-order valence-electron chi connectivity index (χ1n) is 4.72. The Morgan fingerprint density at radius 1 is 1.42 bits per heavy atom. The zero-order valence-corrected chi connectivity index (χ0v) is 9.22. The van der Waals surface area contributed by atoms with E-state index in [-0.39, 0.29) is 0 Å². The van der Waals surface area contributed by atoms with Crippen molar-refractivity contribution in [2.45, 2.75) is 6.43 Å². The number of nitrogens with two attached hydrogens (primary N) is 1. The zero-order chi connectivity index (χ0) is 14.6. The van der Waals surface area contributed by atoms with Crippen LogP contribution in [0.4, 0.5) is 23.2 Å². The van der Waals surface area contributed by atoms with Crippen molar-refractivity contribution in [2.75, 3.05) is 5.43 Å². The average molecular weight is 273 g/mol. The van der Waals surface area contributed by atoms with Crippen molar-refractivity contribution in [3.63, 3.8) is 0 Å². The molecule has 0 amide bonds. The minimum absolute atomic E-state index is 0.564. The summed E-state index contributed by atoms with van der Waals surface area (Å²) in [7, 11) is 0. The monoisotopic (exact) mass is 273 g/mol. The molecule has 0 aliphatic rings. The Labute approximate surface area is 104 Å². The van der Waals surface area contributed by atoms with Gasteiger partial charge in [0.2, 0.25) is 5.71 Å². The fourth-order valence-corrected chi connectivity index (χ4v) is 1.12. The van der Waals surface area contributed by atoms with Gasteiger partial charge in [-0.25, -0.2) is 17.6 Å². The summed E-state index contributed by atoms with van der Waals surface area (Å²) < 4.78 is 51.3. The summed E-state index contributed by atoms with van der Waals surface area (Å²) in [4.78, 5) is 0. The summed E-state index contributed by atoms with van der Waals surface area (Å²) in [6, 6.07) is 2.89. The summed E-state index contributed by atoms with van der Waals surface area (Å²) >= 11 is 0. The first-order chi connectivity index (χ1) is 8.88. The molecule has 0 spiro atoms. The quantitative estimate of drug-likeness (QED) is 0.339. The predicted molar refractivity (Wildman–Crippen MR) is 59.9 cm³/mol. The largest absolute Gasteiger partial charge is 0.382 e. The number of hydrazone groups is 1. The number of nitrogens with one attached hydrogen (secondary N) is 2. The van der Waals surface area contributed by atoms with Gasteiger partial charge in [-0.05, 0) is 12.1 Å². The van der Waals surface area contributed by atoms with Crippen molar-refractivity contribution >= 4 is 17.2 Å². The van der Waals surface area contributed by atoms with E-state index in [1.54, 1.807) is 0 Å². The second-order valence-electron chi connectivity index (χ2n) is 3.22. The topological polar surface area (TPSA) is 98.0 Å². The summed E-state index contributed by atoms with van der Waals surface area (Å²) in [5.74, 6) is -3.61. The Morgan fingerprint density at radius 3 is 2.53 bits per heavy atom. The van der Waals surface area contributed by atoms with Gasteiger partial charge < -0.3 is 5.73 Å². The van der Waals surface area contributed by atoms with E-state index in [2.05, 4.69) is 5.10 Å². The van der Waals surface area contributed by atoms with E-state index in [4.69, 9.17) is 16.4 Å². The van der Waals surface area contributed by atoms with E-state index in [0.717, 1.165) is 6.07 Å². The molecule has 0 heterocycles. The lowest BCUT2D eigenvalue weighted by Crippen LogP contribution is -2.22. The molecule has 0 radical (unpaired) electrons. The van der Waals surface area contributed by atoms with Crippen LogP contribution in [0.5, 0.6) is 0 Å². The van der Waals surface area contributed by atoms with Crippen molar-refractivity contribution in [2.24, 2.45) is 10.8 Å². The van der Waals surface area contributed by atoms with E-state index >= 15 is 0 Å². The van der Waals surface area contributed by atoms with Crippen LogP contribution in [0.1, 0.15) is 12.0 Å². The maximum absolute atomic E-state index is 13.5. The van der Waals surface area contributed by atoms with Crippen LogP contribution >= 0.6 is 0 Å². The van der Waals surface area contributed by atoms with Gasteiger partial charge in [0.15, 0.2) is 11.7 Å². The first-order valence-corrected chi connectivity index (χ1v) is 4.72. The molecule has 0 saturated heterocycles. The Hall–Kier alpha value is -2.63. The smallest absolute Gasteiger partial charge is 0.269 e. The molecule has 1 aromatic carbocycles. The lowest BCUT2D eigenvalue weighted by atomic mass is 10.2. The molecule has 4 N–H and O–H groups in total. The maximum Gasteiger partial charge on any atom is 0.269 e. The van der Waals surface area contributed by atoms with Crippen LogP contribution < -0.4 is 11.2 Å². The highest BCUT2D eigenvalue weighted by Crippen LogP contribution is 2.29. The molecule has 5 nitrogen and oxygen atoms in total. The first kappa shape index (κ1) is 14.4. The van der Waals surface area contributed by atoms with Gasteiger partial charge >= 0.3 is 0 Å². The number of nitrogens with zero attached hydrogens (tertiary/aromatic N) is 2. The highest BCUT2D eigenvalue weighted by Gasteiger charge is 2.21. The molecule has 0 atom stereocenters. The number of benzene rings is 1. The molecule has 19 heavy (non-hydrogen) atoms. The number of anilines is 1. The van der Waals surface area contributed by atoms with Crippen LogP contribution in [-0.4, -0.2) is 11.5 Å². The molecule has 0 aliphatic carbocycles. The van der Waals surface area contributed by atoms with Crippen LogP contribution in [0.2, 0.25) is 0 Å². The molecule has 1 aromatic rings. The van der Waals surface area contributed by atoms with E-state index < -0.39 is 40.9 Å². The molecule has 0 unspecified atom stereocenters. The van der Waals surface area contributed by atoms with E-state index in [9.17, 15) is 17.6 Å². The Morgan fingerprint density at radius 2 is 2.05 bits per heavy atom. The molecule has 0 bridgehead atoms. The number of amidine groups is 1. The molecular weight excluding hydrogens is 266 g/mol. The molecule has 9 heteroatoms. The summed E-state index contributed by atoms with van der Waals surface area (Å²) in [6.45, 7) is 0. The number of alkyl halides is 2. The van der Waals surface area contributed by atoms with Gasteiger partial charge in [0.1, 0.15) is 11.9 Å². The van der Waals surface area contributed by atoms with Crippen LogP contribution in [0.25, 0.3) is 0 Å². The molecule has 0 saturated carbocycles. The zero-order valence-electron chi connectivity index (χ0n) is 9.22. The molecule has 100 valence electrons. The van der Waals surface area contributed by atoms with E-state index in [1.807, 2.05) is 5.43 Å². The van der Waals surface area contributed by atoms with Crippen molar-refractivity contribution in [1.29, 1.82) is 10.7 Å². The molecule has 0 aliphatic heterocycles. The lowest BCUT2D eigenvalue weighted by Gasteiger charge is -2.08. The Balaban J connectivity index is 3.15. The van der Waals surface area contributed by atoms with Crippen LogP contribution in [0.15, 0.2) is 17.2 Å². The Kier molecular flexibility index (Phi) is 4.41. The normalized spacial score (nSPS) is 11.3. The van der Waals surface area contributed by atoms with Crippen LogP contribution in [-0.2, 0) is 0 Å². The number of nitriles is 1. The van der Waals surface area contributed by atoms with Crippen molar-refractivity contribution in [3.05, 3.63) is 29.3 Å². The minimum atomic E-state index is -3.34. The van der Waals surface area contributed by atoms with Gasteiger partial charge in [-0.1, -0.05) is 0 Å². The number of hydrogen-bond donors (Lipinski definition) is 3. The SMILES string of the molecule is N#C/C(=N\Nc1ccc(F)c(C(F)F)c1F)C(=N)N. The highest BCUT2D eigenvalue weighted by molar-refractivity contribution is 6.45. The summed E-state index contributed by atoms with van der Waals surface area (Å²) in [6.07, 6.45) is -3.34. The third kappa shape index (κ3) is 3.19. The third-order valence-corrected chi connectivity index (χ3v) is 1.99. The fourth-order valence-electron chi connectivity index (χ4n) is 1.12. The number of hydrogen-bond acceptors (Lipinski definition) is 4. The second-order valence-corrected chi connectivity index (χ2v) is 3.22. The standard InChI is InChI=1S/C10H7F4N5/c11-4-1-2-5(8(12)7(4)9(13)14)18-19-6(3-15)10(16)17/h1-2,9,18H,(H3,16,17)/b19-6+.